The molecule has 2 atom stereocenters. The van der Waals surface area contributed by atoms with Gasteiger partial charge in [-0.2, -0.15) is 0 Å². The highest BCUT2D eigenvalue weighted by atomic mass is 16.5. The Hall–Kier alpha value is -0.650. The van der Waals surface area contributed by atoms with Gasteiger partial charge in [-0.1, -0.05) is 32.1 Å². The highest BCUT2D eigenvalue weighted by molar-refractivity contribution is 5.76. The number of hydrogen-bond donors (Lipinski definition) is 3. The molecule has 2 aliphatic rings. The monoisotopic (exact) mass is 369 g/mol. The molecular weight excluding hydrogens is 330 g/mol. The van der Waals surface area contributed by atoms with Crippen LogP contribution in [0.15, 0.2) is 0 Å². The van der Waals surface area contributed by atoms with Crippen LogP contribution in [-0.2, 0) is 9.53 Å². The molecule has 0 radical (unpaired) electrons. The van der Waals surface area contributed by atoms with Crippen LogP contribution in [0.1, 0.15) is 84.0 Å². The molecule has 152 valence electrons. The Balaban J connectivity index is 1.72. The molecule has 2 saturated carbocycles. The van der Waals surface area contributed by atoms with Gasteiger partial charge in [0.15, 0.2) is 0 Å². The fraction of sp³-hybridized carbons (Fsp3) is 0.952. The van der Waals surface area contributed by atoms with Gasteiger partial charge in [-0.15, -0.1) is 0 Å². The number of carbonyl (C=O) groups excluding carboxylic acids is 1. The van der Waals surface area contributed by atoms with E-state index in [0.29, 0.717) is 31.5 Å². The van der Waals surface area contributed by atoms with Gasteiger partial charge in [0.05, 0.1) is 31.5 Å². The smallest absolute Gasteiger partial charge is 0.220 e. The van der Waals surface area contributed by atoms with Crippen molar-refractivity contribution in [1.82, 2.24) is 5.32 Å². The second-order valence-electron chi connectivity index (χ2n) is 8.60. The standard InChI is InChI=1S/C21H39NO4/c1-16(23)14-26-15-19(13-18-5-3-2-4-6-18)22-21(25)12-9-17-7-10-20(24)11-8-17/h16-20,23-24H,2-15H2,1H3,(H,22,25). The molecule has 2 unspecified atom stereocenters. The summed E-state index contributed by atoms with van der Waals surface area (Å²) in [7, 11) is 0. The first kappa shape index (κ1) is 21.6. The molecule has 0 heterocycles. The van der Waals surface area contributed by atoms with Crippen LogP contribution in [0.25, 0.3) is 0 Å². The Morgan fingerprint density at radius 3 is 2.38 bits per heavy atom. The van der Waals surface area contributed by atoms with E-state index >= 15 is 0 Å². The summed E-state index contributed by atoms with van der Waals surface area (Å²) in [6.45, 7) is 2.53. The summed E-state index contributed by atoms with van der Waals surface area (Å²) in [5, 5.41) is 22.2. The summed E-state index contributed by atoms with van der Waals surface area (Å²) >= 11 is 0. The Morgan fingerprint density at radius 2 is 1.73 bits per heavy atom. The van der Waals surface area contributed by atoms with Crippen molar-refractivity contribution in [3.05, 3.63) is 0 Å². The Bertz CT molecular complexity index is 387. The summed E-state index contributed by atoms with van der Waals surface area (Å²) in [6, 6.07) is 0.0533. The average Bonchev–Trinajstić information content (AvgIpc) is 2.62. The fourth-order valence-corrected chi connectivity index (χ4v) is 4.44. The minimum Gasteiger partial charge on any atom is -0.393 e. The molecule has 2 aliphatic carbocycles. The molecule has 0 aromatic heterocycles. The van der Waals surface area contributed by atoms with E-state index < -0.39 is 6.10 Å². The zero-order valence-electron chi connectivity index (χ0n) is 16.5. The number of hydrogen-bond acceptors (Lipinski definition) is 4. The molecule has 3 N–H and O–H groups in total. The molecule has 0 bridgehead atoms. The predicted octanol–water partition coefficient (Wildman–Crippen LogP) is 3.17. The third-order valence-electron chi connectivity index (χ3n) is 5.98. The summed E-state index contributed by atoms with van der Waals surface area (Å²) in [6.07, 6.45) is 12.2. The van der Waals surface area contributed by atoms with Crippen molar-refractivity contribution in [2.24, 2.45) is 11.8 Å². The van der Waals surface area contributed by atoms with E-state index in [1.165, 1.54) is 32.1 Å². The highest BCUT2D eigenvalue weighted by Gasteiger charge is 2.23. The maximum absolute atomic E-state index is 12.4. The third-order valence-corrected chi connectivity index (χ3v) is 5.98. The van der Waals surface area contributed by atoms with Crippen molar-refractivity contribution in [3.63, 3.8) is 0 Å². The molecule has 5 nitrogen and oxygen atoms in total. The van der Waals surface area contributed by atoms with Gasteiger partial charge in [-0.3, -0.25) is 4.79 Å². The van der Waals surface area contributed by atoms with Crippen molar-refractivity contribution in [1.29, 1.82) is 0 Å². The average molecular weight is 370 g/mol. The highest BCUT2D eigenvalue weighted by Crippen LogP contribution is 2.29. The van der Waals surface area contributed by atoms with Crippen LogP contribution in [0.3, 0.4) is 0 Å². The van der Waals surface area contributed by atoms with Gasteiger partial charge in [0.2, 0.25) is 5.91 Å². The molecule has 5 heteroatoms. The van der Waals surface area contributed by atoms with Gasteiger partial charge in [-0.25, -0.2) is 0 Å². The van der Waals surface area contributed by atoms with E-state index in [1.807, 2.05) is 0 Å². The van der Waals surface area contributed by atoms with Crippen molar-refractivity contribution in [2.75, 3.05) is 13.2 Å². The summed E-state index contributed by atoms with van der Waals surface area (Å²) < 4.78 is 5.61. The third kappa shape index (κ3) is 8.83. The molecule has 26 heavy (non-hydrogen) atoms. The van der Waals surface area contributed by atoms with Gasteiger partial charge in [0.1, 0.15) is 0 Å². The van der Waals surface area contributed by atoms with Crippen molar-refractivity contribution < 1.29 is 19.7 Å². The molecule has 0 spiro atoms. The van der Waals surface area contributed by atoms with Gasteiger partial charge in [-0.05, 0) is 57.3 Å². The van der Waals surface area contributed by atoms with Crippen LogP contribution in [0, 0.1) is 11.8 Å². The quantitative estimate of drug-likeness (QED) is 0.553. The van der Waals surface area contributed by atoms with E-state index in [1.54, 1.807) is 6.92 Å². The SMILES string of the molecule is CC(O)COCC(CC1CCCCC1)NC(=O)CCC1CCC(O)CC1. The first-order valence-corrected chi connectivity index (χ1v) is 10.8. The minimum atomic E-state index is -0.470. The molecule has 2 fully saturated rings. The largest absolute Gasteiger partial charge is 0.393 e. The van der Waals surface area contributed by atoms with E-state index in [9.17, 15) is 15.0 Å². The minimum absolute atomic E-state index is 0.0533. The van der Waals surface area contributed by atoms with Gasteiger partial charge >= 0.3 is 0 Å². The lowest BCUT2D eigenvalue weighted by Crippen LogP contribution is -2.40. The van der Waals surface area contributed by atoms with Gasteiger partial charge in [0.25, 0.3) is 0 Å². The van der Waals surface area contributed by atoms with Crippen LogP contribution < -0.4 is 5.32 Å². The maximum atomic E-state index is 12.4. The second-order valence-corrected chi connectivity index (χ2v) is 8.60. The summed E-state index contributed by atoms with van der Waals surface area (Å²) in [5.41, 5.74) is 0. The van der Waals surface area contributed by atoms with E-state index in [2.05, 4.69) is 5.32 Å². The molecule has 0 aromatic carbocycles. The van der Waals surface area contributed by atoms with E-state index in [4.69, 9.17) is 4.74 Å². The van der Waals surface area contributed by atoms with Crippen molar-refractivity contribution >= 4 is 5.91 Å². The lowest BCUT2D eigenvalue weighted by atomic mass is 9.84. The zero-order valence-corrected chi connectivity index (χ0v) is 16.5. The number of amides is 1. The number of carbonyl (C=O) groups is 1. The molecule has 0 aromatic rings. The normalized spacial score (nSPS) is 27.0. The van der Waals surface area contributed by atoms with Crippen LogP contribution >= 0.6 is 0 Å². The number of ether oxygens (including phenoxy) is 1. The summed E-state index contributed by atoms with van der Waals surface area (Å²) in [4.78, 5) is 12.4. The maximum Gasteiger partial charge on any atom is 0.220 e. The van der Waals surface area contributed by atoms with Crippen LogP contribution in [-0.4, -0.2) is 47.6 Å². The lowest BCUT2D eigenvalue weighted by molar-refractivity contribution is -0.122. The Labute approximate surface area is 158 Å². The number of aliphatic hydroxyl groups is 2. The Kier molecular flexibility index (Phi) is 9.94. The molecule has 1 amide bonds. The molecule has 2 rings (SSSR count). The number of aliphatic hydroxyl groups excluding tert-OH is 2. The van der Waals surface area contributed by atoms with Crippen LogP contribution in [0.4, 0.5) is 0 Å². The molecule has 0 saturated heterocycles. The summed E-state index contributed by atoms with van der Waals surface area (Å²) in [5.74, 6) is 1.38. The predicted molar refractivity (Wildman–Crippen MR) is 103 cm³/mol. The second kappa shape index (κ2) is 11.9. The van der Waals surface area contributed by atoms with E-state index in [-0.39, 0.29) is 18.1 Å². The van der Waals surface area contributed by atoms with Gasteiger partial charge < -0.3 is 20.3 Å². The first-order chi connectivity index (χ1) is 12.5. The van der Waals surface area contributed by atoms with Gasteiger partial charge in [0, 0.05) is 6.42 Å². The van der Waals surface area contributed by atoms with Crippen molar-refractivity contribution in [2.45, 2.75) is 102 Å². The fourth-order valence-electron chi connectivity index (χ4n) is 4.44. The number of rotatable bonds is 10. The van der Waals surface area contributed by atoms with Crippen LogP contribution in [0.5, 0.6) is 0 Å². The van der Waals surface area contributed by atoms with Crippen molar-refractivity contribution in [3.8, 4) is 0 Å². The topological polar surface area (TPSA) is 78.8 Å². The lowest BCUT2D eigenvalue weighted by Gasteiger charge is -2.28. The van der Waals surface area contributed by atoms with E-state index in [0.717, 1.165) is 38.5 Å². The zero-order chi connectivity index (χ0) is 18.8. The van der Waals surface area contributed by atoms with Crippen LogP contribution in [0.2, 0.25) is 0 Å². The molecule has 0 aliphatic heterocycles. The number of nitrogens with one attached hydrogen (secondary N) is 1. The first-order valence-electron chi connectivity index (χ1n) is 10.8. The molecular formula is C21H39NO4. The Morgan fingerprint density at radius 1 is 1.04 bits per heavy atom.